The van der Waals surface area contributed by atoms with Crippen LogP contribution < -0.4 is 15.2 Å². The maximum atomic E-state index is 12.6. The highest BCUT2D eigenvalue weighted by Crippen LogP contribution is 2.37. The predicted octanol–water partition coefficient (Wildman–Crippen LogP) is 5.62. The highest BCUT2D eigenvalue weighted by atomic mass is 16.6. The SMILES string of the molecule is CCCCC(=O)OC(C)C(C)C(c1ccc(OC(=O)CCC(C)C)c(OC(=O)CCC(C)C)c1)[C@H](N)C(=O)O. The molecule has 3 unspecified atom stereocenters. The Bertz CT molecular complexity index is 958. The summed E-state index contributed by atoms with van der Waals surface area (Å²) in [6, 6.07) is 3.25. The summed E-state index contributed by atoms with van der Waals surface area (Å²) >= 11 is 0. The molecular weight excluding hydrogens is 502 g/mol. The minimum atomic E-state index is -1.33. The summed E-state index contributed by atoms with van der Waals surface area (Å²) < 4.78 is 16.7. The maximum absolute atomic E-state index is 12.6. The molecule has 3 N–H and O–H groups in total. The van der Waals surface area contributed by atoms with Gasteiger partial charge in [-0.1, -0.05) is 54.0 Å². The van der Waals surface area contributed by atoms with E-state index in [0.29, 0.717) is 30.7 Å². The number of hydrogen-bond donors (Lipinski definition) is 2. The van der Waals surface area contributed by atoms with Gasteiger partial charge in [0.1, 0.15) is 12.1 Å². The van der Waals surface area contributed by atoms with Crippen molar-refractivity contribution in [2.75, 3.05) is 0 Å². The molecule has 0 heterocycles. The molecule has 0 saturated heterocycles. The zero-order valence-electron chi connectivity index (χ0n) is 24.5. The summed E-state index contributed by atoms with van der Waals surface area (Å²) in [5.41, 5.74) is 6.59. The first-order valence-electron chi connectivity index (χ1n) is 14.0. The standard InChI is InChI=1S/C30H47NO8/c1-8-9-10-25(32)37-21(7)20(6)28(29(31)30(35)36)22-13-14-23(38-26(33)15-11-18(2)3)24(17-22)39-27(34)16-12-19(4)5/h13-14,17-21,28-29H,8-12,15-16,31H2,1-7H3,(H,35,36)/t20?,21?,28?,29-/m0/s1. The Morgan fingerprint density at radius 3 is 1.85 bits per heavy atom. The Morgan fingerprint density at radius 1 is 0.821 bits per heavy atom. The first kappa shape index (κ1) is 34.1. The molecule has 0 aliphatic rings. The van der Waals surface area contributed by atoms with Crippen molar-refractivity contribution in [1.29, 1.82) is 0 Å². The minimum Gasteiger partial charge on any atom is -0.480 e. The number of hydrogen-bond acceptors (Lipinski definition) is 8. The molecule has 0 fully saturated rings. The number of carbonyl (C=O) groups excluding carboxylic acids is 3. The van der Waals surface area contributed by atoms with Crippen molar-refractivity contribution in [2.45, 2.75) is 111 Å². The van der Waals surface area contributed by atoms with Gasteiger partial charge in [0, 0.05) is 31.1 Å². The van der Waals surface area contributed by atoms with Crippen LogP contribution in [0.1, 0.15) is 105 Å². The summed E-state index contributed by atoms with van der Waals surface area (Å²) in [4.78, 5) is 49.3. The Morgan fingerprint density at radius 2 is 1.36 bits per heavy atom. The van der Waals surface area contributed by atoms with Crippen LogP contribution in [0.4, 0.5) is 0 Å². The number of benzene rings is 1. The molecule has 0 aromatic heterocycles. The van der Waals surface area contributed by atoms with Crippen LogP contribution in [0.5, 0.6) is 11.5 Å². The Hall–Kier alpha value is -2.94. The molecule has 1 aromatic rings. The normalized spacial score (nSPS) is 14.4. The molecule has 220 valence electrons. The van der Waals surface area contributed by atoms with Crippen molar-refractivity contribution in [1.82, 2.24) is 0 Å². The van der Waals surface area contributed by atoms with Crippen molar-refractivity contribution in [3.8, 4) is 11.5 Å². The van der Waals surface area contributed by atoms with E-state index in [-0.39, 0.29) is 42.6 Å². The monoisotopic (exact) mass is 549 g/mol. The summed E-state index contributed by atoms with van der Waals surface area (Å²) in [5.74, 6) is -3.15. The summed E-state index contributed by atoms with van der Waals surface area (Å²) in [6.45, 7) is 13.4. The van der Waals surface area contributed by atoms with E-state index in [4.69, 9.17) is 19.9 Å². The molecule has 4 atom stereocenters. The minimum absolute atomic E-state index is 0.0153. The summed E-state index contributed by atoms with van der Waals surface area (Å²) in [5, 5.41) is 9.77. The quantitative estimate of drug-likeness (QED) is 0.187. The molecular formula is C30H47NO8. The number of unbranched alkanes of at least 4 members (excludes halogenated alkanes) is 1. The Balaban J connectivity index is 3.38. The van der Waals surface area contributed by atoms with Gasteiger partial charge >= 0.3 is 23.9 Å². The second-order valence-corrected chi connectivity index (χ2v) is 11.1. The second-order valence-electron chi connectivity index (χ2n) is 11.1. The Kier molecular flexibility index (Phi) is 14.8. The van der Waals surface area contributed by atoms with Crippen molar-refractivity contribution >= 4 is 23.9 Å². The van der Waals surface area contributed by atoms with Crippen molar-refractivity contribution in [3.63, 3.8) is 0 Å². The summed E-state index contributed by atoms with van der Waals surface area (Å²) in [6.07, 6.45) is 2.81. The van der Waals surface area contributed by atoms with Crippen LogP contribution in [0.2, 0.25) is 0 Å². The fourth-order valence-corrected chi connectivity index (χ4v) is 4.03. The fourth-order valence-electron chi connectivity index (χ4n) is 4.03. The lowest BCUT2D eigenvalue weighted by molar-refractivity contribution is -0.151. The smallest absolute Gasteiger partial charge is 0.321 e. The zero-order valence-corrected chi connectivity index (χ0v) is 24.5. The molecule has 0 aliphatic heterocycles. The predicted molar refractivity (Wildman–Crippen MR) is 148 cm³/mol. The molecule has 0 bridgehead atoms. The van der Waals surface area contributed by atoms with Crippen LogP contribution in [0.15, 0.2) is 18.2 Å². The van der Waals surface area contributed by atoms with Gasteiger partial charge in [0.2, 0.25) is 0 Å². The third-order valence-corrected chi connectivity index (χ3v) is 6.68. The van der Waals surface area contributed by atoms with Gasteiger partial charge in [0.15, 0.2) is 11.5 Å². The summed E-state index contributed by atoms with van der Waals surface area (Å²) in [7, 11) is 0. The van der Waals surface area contributed by atoms with Crippen molar-refractivity contribution in [2.24, 2.45) is 23.5 Å². The average molecular weight is 550 g/mol. The number of carboxylic acids is 1. The molecule has 0 amide bonds. The van der Waals surface area contributed by atoms with Gasteiger partial charge in [-0.25, -0.2) is 0 Å². The highest BCUT2D eigenvalue weighted by Gasteiger charge is 2.35. The van der Waals surface area contributed by atoms with Crippen LogP contribution in [0.25, 0.3) is 0 Å². The highest BCUT2D eigenvalue weighted by molar-refractivity contribution is 5.77. The number of nitrogens with two attached hydrogens (primary N) is 1. The lowest BCUT2D eigenvalue weighted by atomic mass is 9.79. The number of esters is 3. The Labute approximate surface area is 232 Å². The number of aliphatic carboxylic acids is 1. The molecule has 9 nitrogen and oxygen atoms in total. The van der Waals surface area contributed by atoms with E-state index >= 15 is 0 Å². The molecule has 0 spiro atoms. The van der Waals surface area contributed by atoms with Crippen LogP contribution in [-0.4, -0.2) is 41.1 Å². The molecule has 1 rings (SSSR count). The third-order valence-electron chi connectivity index (χ3n) is 6.68. The van der Waals surface area contributed by atoms with Crippen molar-refractivity contribution in [3.05, 3.63) is 23.8 Å². The van der Waals surface area contributed by atoms with Gasteiger partial charge in [-0.2, -0.15) is 0 Å². The van der Waals surface area contributed by atoms with Gasteiger partial charge in [-0.15, -0.1) is 0 Å². The van der Waals surface area contributed by atoms with Crippen LogP contribution in [0, 0.1) is 17.8 Å². The molecule has 0 saturated carbocycles. The van der Waals surface area contributed by atoms with Gasteiger partial charge in [0.25, 0.3) is 0 Å². The van der Waals surface area contributed by atoms with Gasteiger partial charge in [0.05, 0.1) is 0 Å². The number of ether oxygens (including phenoxy) is 3. The first-order valence-corrected chi connectivity index (χ1v) is 14.0. The number of rotatable bonds is 17. The van der Waals surface area contributed by atoms with E-state index in [0.717, 1.165) is 6.42 Å². The van der Waals surface area contributed by atoms with Gasteiger partial charge in [-0.3, -0.25) is 19.2 Å². The third kappa shape index (κ3) is 12.2. The van der Waals surface area contributed by atoms with Crippen LogP contribution in [-0.2, 0) is 23.9 Å². The first-order chi connectivity index (χ1) is 18.3. The van der Waals surface area contributed by atoms with E-state index in [2.05, 4.69) is 0 Å². The van der Waals surface area contributed by atoms with E-state index in [9.17, 15) is 24.3 Å². The van der Waals surface area contributed by atoms with Gasteiger partial charge < -0.3 is 25.1 Å². The van der Waals surface area contributed by atoms with E-state index < -0.39 is 41.9 Å². The number of carbonyl (C=O) groups is 4. The molecule has 39 heavy (non-hydrogen) atoms. The topological polar surface area (TPSA) is 142 Å². The van der Waals surface area contributed by atoms with Crippen molar-refractivity contribution < 1.29 is 38.5 Å². The molecule has 1 aromatic carbocycles. The van der Waals surface area contributed by atoms with Gasteiger partial charge in [-0.05, 0) is 55.7 Å². The largest absolute Gasteiger partial charge is 0.480 e. The molecule has 0 radical (unpaired) electrons. The second kappa shape index (κ2) is 16.9. The lowest BCUT2D eigenvalue weighted by Gasteiger charge is -2.32. The molecule has 9 heteroatoms. The maximum Gasteiger partial charge on any atom is 0.321 e. The van der Waals surface area contributed by atoms with Crippen LogP contribution in [0.3, 0.4) is 0 Å². The van der Waals surface area contributed by atoms with E-state index in [1.807, 2.05) is 34.6 Å². The van der Waals surface area contributed by atoms with E-state index in [1.54, 1.807) is 19.9 Å². The lowest BCUT2D eigenvalue weighted by Crippen LogP contribution is -2.42. The molecule has 0 aliphatic carbocycles. The van der Waals surface area contributed by atoms with E-state index in [1.165, 1.54) is 12.1 Å². The number of carboxylic acid groups (broad SMARTS) is 1. The van der Waals surface area contributed by atoms with Crippen LogP contribution >= 0.6 is 0 Å². The zero-order chi connectivity index (χ0) is 29.7. The fraction of sp³-hybridized carbons (Fsp3) is 0.667. The average Bonchev–Trinajstić information content (AvgIpc) is 2.86.